The van der Waals surface area contributed by atoms with Gasteiger partial charge in [0.1, 0.15) is 12.4 Å². The highest BCUT2D eigenvalue weighted by Gasteiger charge is 2.16. The third kappa shape index (κ3) is 6.69. The molecule has 6 nitrogen and oxygen atoms in total. The molecular formula is C17H23NO5. The van der Waals surface area contributed by atoms with Crippen LogP contribution in [0, 0.1) is 0 Å². The first-order chi connectivity index (χ1) is 11.1. The smallest absolute Gasteiger partial charge is 0.303 e. The summed E-state index contributed by atoms with van der Waals surface area (Å²) in [5.74, 6) is -0.252. The minimum atomic E-state index is -0.832. The molecule has 1 aromatic rings. The summed E-state index contributed by atoms with van der Waals surface area (Å²) in [6.07, 6.45) is 3.73. The number of hydrogen-bond acceptors (Lipinski definition) is 4. The van der Waals surface area contributed by atoms with Crippen molar-refractivity contribution in [3.05, 3.63) is 24.3 Å². The second kappa shape index (κ2) is 9.15. The predicted octanol–water partition coefficient (Wildman–Crippen LogP) is 2.83. The summed E-state index contributed by atoms with van der Waals surface area (Å²) in [5, 5.41) is 11.4. The van der Waals surface area contributed by atoms with Crippen LogP contribution in [0.5, 0.6) is 5.75 Å². The average Bonchev–Trinajstić information content (AvgIpc) is 3.03. The Bertz CT molecular complexity index is 525. The van der Waals surface area contributed by atoms with E-state index in [4.69, 9.17) is 14.6 Å². The van der Waals surface area contributed by atoms with Crippen LogP contribution in [0.1, 0.15) is 38.5 Å². The van der Waals surface area contributed by atoms with Crippen molar-refractivity contribution in [2.24, 2.45) is 0 Å². The summed E-state index contributed by atoms with van der Waals surface area (Å²) in [6, 6.07) is 7.25. The van der Waals surface area contributed by atoms with Gasteiger partial charge in [-0.3, -0.25) is 9.59 Å². The lowest BCUT2D eigenvalue weighted by molar-refractivity contribution is -0.137. The fourth-order valence-corrected chi connectivity index (χ4v) is 2.41. The maximum Gasteiger partial charge on any atom is 0.303 e. The second-order valence-corrected chi connectivity index (χ2v) is 5.62. The lowest BCUT2D eigenvalue weighted by Gasteiger charge is -2.12. The van der Waals surface area contributed by atoms with Gasteiger partial charge in [-0.05, 0) is 37.8 Å². The molecule has 1 fully saturated rings. The van der Waals surface area contributed by atoms with Crippen molar-refractivity contribution >= 4 is 17.6 Å². The number of unbranched alkanes of at least 4 members (excludes halogenated alkanes) is 1. The summed E-state index contributed by atoms with van der Waals surface area (Å²) >= 11 is 0. The number of nitrogens with one attached hydrogen (secondary N) is 1. The molecule has 1 amide bonds. The Morgan fingerprint density at radius 2 is 2.13 bits per heavy atom. The summed E-state index contributed by atoms with van der Waals surface area (Å²) in [7, 11) is 0. The van der Waals surface area contributed by atoms with Gasteiger partial charge in [0.05, 0.1) is 6.10 Å². The molecule has 0 radical (unpaired) electrons. The molecule has 1 atom stereocenters. The topological polar surface area (TPSA) is 84.9 Å². The van der Waals surface area contributed by atoms with E-state index < -0.39 is 5.97 Å². The normalized spacial score (nSPS) is 17.0. The van der Waals surface area contributed by atoms with E-state index in [2.05, 4.69) is 5.32 Å². The summed E-state index contributed by atoms with van der Waals surface area (Å²) in [5.41, 5.74) is 0.679. The van der Waals surface area contributed by atoms with Crippen molar-refractivity contribution in [3.8, 4) is 5.75 Å². The third-order valence-electron chi connectivity index (χ3n) is 3.62. The highest BCUT2D eigenvalue weighted by Crippen LogP contribution is 2.20. The summed E-state index contributed by atoms with van der Waals surface area (Å²) in [6.45, 7) is 1.32. The number of aliphatic carboxylic acids is 1. The summed E-state index contributed by atoms with van der Waals surface area (Å²) < 4.78 is 11.2. The molecule has 0 bridgehead atoms. The van der Waals surface area contributed by atoms with E-state index >= 15 is 0 Å². The number of carbonyl (C=O) groups excluding carboxylic acids is 1. The number of anilines is 1. The first-order valence-corrected chi connectivity index (χ1v) is 7.99. The second-order valence-electron chi connectivity index (χ2n) is 5.62. The highest BCUT2D eigenvalue weighted by atomic mass is 16.5. The Morgan fingerprint density at radius 1 is 1.30 bits per heavy atom. The molecule has 1 saturated heterocycles. The molecule has 1 aliphatic heterocycles. The fraction of sp³-hybridized carbons (Fsp3) is 0.529. The number of amides is 1. The molecule has 1 aliphatic rings. The van der Waals surface area contributed by atoms with Crippen LogP contribution in [0.15, 0.2) is 24.3 Å². The van der Waals surface area contributed by atoms with Crippen molar-refractivity contribution in [3.63, 3.8) is 0 Å². The monoisotopic (exact) mass is 321 g/mol. The van der Waals surface area contributed by atoms with Gasteiger partial charge in [0.25, 0.3) is 0 Å². The van der Waals surface area contributed by atoms with Gasteiger partial charge in [-0.25, -0.2) is 0 Å². The largest absolute Gasteiger partial charge is 0.491 e. The Labute approximate surface area is 135 Å². The van der Waals surface area contributed by atoms with Crippen LogP contribution in [0.2, 0.25) is 0 Å². The molecule has 1 aromatic carbocycles. The predicted molar refractivity (Wildman–Crippen MR) is 85.6 cm³/mol. The van der Waals surface area contributed by atoms with E-state index in [1.54, 1.807) is 12.1 Å². The van der Waals surface area contributed by atoms with E-state index in [9.17, 15) is 9.59 Å². The minimum Gasteiger partial charge on any atom is -0.491 e. The average molecular weight is 321 g/mol. The van der Waals surface area contributed by atoms with Crippen molar-refractivity contribution in [2.75, 3.05) is 18.5 Å². The zero-order valence-corrected chi connectivity index (χ0v) is 13.1. The molecule has 2 N–H and O–H groups in total. The van der Waals surface area contributed by atoms with Crippen LogP contribution in [-0.4, -0.2) is 36.3 Å². The molecule has 0 aliphatic carbocycles. The zero-order chi connectivity index (χ0) is 16.5. The van der Waals surface area contributed by atoms with Gasteiger partial charge >= 0.3 is 5.97 Å². The van der Waals surface area contributed by atoms with Crippen molar-refractivity contribution in [2.45, 2.75) is 44.6 Å². The van der Waals surface area contributed by atoms with Crippen molar-refractivity contribution < 1.29 is 24.2 Å². The van der Waals surface area contributed by atoms with Gasteiger partial charge in [0.15, 0.2) is 0 Å². The number of carbonyl (C=O) groups is 2. The minimum absolute atomic E-state index is 0.0971. The molecule has 2 rings (SSSR count). The van der Waals surface area contributed by atoms with Crippen LogP contribution >= 0.6 is 0 Å². The molecule has 23 heavy (non-hydrogen) atoms. The van der Waals surface area contributed by atoms with Crippen molar-refractivity contribution in [1.82, 2.24) is 0 Å². The Kier molecular flexibility index (Phi) is 6.87. The van der Waals surface area contributed by atoms with E-state index in [0.29, 0.717) is 37.3 Å². The molecule has 0 saturated carbocycles. The Morgan fingerprint density at radius 3 is 2.87 bits per heavy atom. The summed E-state index contributed by atoms with van der Waals surface area (Å²) in [4.78, 5) is 22.2. The van der Waals surface area contributed by atoms with Crippen LogP contribution in [0.4, 0.5) is 5.69 Å². The molecule has 126 valence electrons. The highest BCUT2D eigenvalue weighted by molar-refractivity contribution is 5.90. The molecular weight excluding hydrogens is 298 g/mol. The first-order valence-electron chi connectivity index (χ1n) is 7.99. The molecule has 1 unspecified atom stereocenters. The van der Waals surface area contributed by atoms with E-state index in [1.807, 2.05) is 12.1 Å². The number of ether oxygens (including phenoxy) is 2. The Hall–Kier alpha value is -2.08. The number of rotatable bonds is 9. The first kappa shape index (κ1) is 17.3. The van der Waals surface area contributed by atoms with Gasteiger partial charge < -0.3 is 19.9 Å². The van der Waals surface area contributed by atoms with E-state index in [0.717, 1.165) is 19.4 Å². The molecule has 6 heteroatoms. The maximum absolute atomic E-state index is 11.8. The van der Waals surface area contributed by atoms with Crippen LogP contribution in [0.25, 0.3) is 0 Å². The van der Waals surface area contributed by atoms with E-state index in [-0.39, 0.29) is 18.4 Å². The Balaban J connectivity index is 1.72. The van der Waals surface area contributed by atoms with Gasteiger partial charge in [0, 0.05) is 31.2 Å². The quantitative estimate of drug-likeness (QED) is 0.683. The number of hydrogen-bond donors (Lipinski definition) is 2. The fourth-order valence-electron chi connectivity index (χ4n) is 2.41. The van der Waals surface area contributed by atoms with Crippen molar-refractivity contribution in [1.29, 1.82) is 0 Å². The van der Waals surface area contributed by atoms with Crippen LogP contribution < -0.4 is 10.1 Å². The molecule has 1 heterocycles. The third-order valence-corrected chi connectivity index (χ3v) is 3.62. The lowest BCUT2D eigenvalue weighted by atomic mass is 10.2. The van der Waals surface area contributed by atoms with Gasteiger partial charge in [-0.1, -0.05) is 6.07 Å². The number of benzene rings is 1. The SMILES string of the molecule is O=C(O)CCCCC(=O)Nc1cccc(OCC2CCCO2)c1. The zero-order valence-electron chi connectivity index (χ0n) is 13.1. The maximum atomic E-state index is 11.8. The van der Waals surface area contributed by atoms with E-state index in [1.165, 1.54) is 0 Å². The lowest BCUT2D eigenvalue weighted by Crippen LogP contribution is -2.16. The van der Waals surface area contributed by atoms with Gasteiger partial charge in [-0.2, -0.15) is 0 Å². The standard InChI is InChI=1S/C17H23NO5/c19-16(8-1-2-9-17(20)21)18-13-5-3-6-14(11-13)23-12-15-7-4-10-22-15/h3,5-6,11,15H,1-2,4,7-10,12H2,(H,18,19)(H,20,21). The van der Waals surface area contributed by atoms with Gasteiger partial charge in [-0.15, -0.1) is 0 Å². The molecule has 0 spiro atoms. The number of carboxylic acid groups (broad SMARTS) is 1. The molecule has 0 aromatic heterocycles. The number of carboxylic acids is 1. The van der Waals surface area contributed by atoms with Crippen LogP contribution in [-0.2, 0) is 14.3 Å². The van der Waals surface area contributed by atoms with Gasteiger partial charge in [0.2, 0.25) is 5.91 Å². The van der Waals surface area contributed by atoms with Crippen LogP contribution in [0.3, 0.4) is 0 Å².